The average Bonchev–Trinajstić information content (AvgIpc) is 2.73. The molecule has 1 aliphatic carbocycles. The minimum absolute atomic E-state index is 0.00844. The molecule has 3 N–H and O–H groups in total. The van der Waals surface area contributed by atoms with Crippen molar-refractivity contribution in [2.75, 3.05) is 0 Å². The number of pyridine rings is 2. The van der Waals surface area contributed by atoms with Crippen LogP contribution in [0.2, 0.25) is 5.02 Å². The number of primary amides is 1. The molecule has 2 heterocycles. The molecule has 1 amide bonds. The van der Waals surface area contributed by atoms with Gasteiger partial charge in [-0.15, -0.1) is 0 Å². The van der Waals surface area contributed by atoms with Crippen molar-refractivity contribution in [3.05, 3.63) is 74.5 Å². The van der Waals surface area contributed by atoms with Crippen LogP contribution in [-0.2, 0) is 0 Å². The second-order valence-electron chi connectivity index (χ2n) is 8.22. The number of hydrogen-bond acceptors (Lipinski definition) is 3. The predicted octanol–water partition coefficient (Wildman–Crippen LogP) is 5.14. The second kappa shape index (κ2) is 8.24. The number of fused-ring (bicyclic) bond motifs is 1. The number of H-pyrrole nitrogens is 1. The van der Waals surface area contributed by atoms with Gasteiger partial charge in [-0.1, -0.05) is 24.6 Å². The summed E-state index contributed by atoms with van der Waals surface area (Å²) in [5.41, 5.74) is 5.73. The first kappa shape index (κ1) is 22.3. The van der Waals surface area contributed by atoms with E-state index in [0.29, 0.717) is 11.3 Å². The first-order valence-electron chi connectivity index (χ1n) is 10.3. The Hall–Kier alpha value is -2.87. The van der Waals surface area contributed by atoms with Crippen molar-refractivity contribution >= 4 is 28.4 Å². The summed E-state index contributed by atoms with van der Waals surface area (Å²) < 4.78 is 43.6. The van der Waals surface area contributed by atoms with Gasteiger partial charge in [0.25, 0.3) is 11.8 Å². The van der Waals surface area contributed by atoms with Crippen LogP contribution in [0.5, 0.6) is 0 Å². The molecule has 5 nitrogen and oxygen atoms in total. The van der Waals surface area contributed by atoms with E-state index in [2.05, 4.69) is 9.97 Å². The van der Waals surface area contributed by atoms with Crippen molar-refractivity contribution in [1.29, 1.82) is 0 Å². The third-order valence-corrected chi connectivity index (χ3v) is 6.69. The lowest BCUT2D eigenvalue weighted by molar-refractivity contribution is -0.0984. The van der Waals surface area contributed by atoms with Gasteiger partial charge < -0.3 is 10.7 Å². The van der Waals surface area contributed by atoms with Crippen LogP contribution in [-0.4, -0.2) is 21.8 Å². The molecule has 0 radical (unpaired) electrons. The zero-order chi connectivity index (χ0) is 23.2. The van der Waals surface area contributed by atoms with Gasteiger partial charge >= 0.3 is 0 Å². The number of amides is 1. The van der Waals surface area contributed by atoms with Crippen molar-refractivity contribution in [2.24, 2.45) is 11.7 Å². The number of halogens is 4. The Kier molecular flexibility index (Phi) is 5.75. The lowest BCUT2D eigenvalue weighted by Crippen LogP contribution is -2.39. The average molecular weight is 464 g/mol. The smallest absolute Gasteiger partial charge is 0.268 e. The van der Waals surface area contributed by atoms with E-state index < -0.39 is 47.3 Å². The lowest BCUT2D eigenvalue weighted by Gasteiger charge is -2.41. The van der Waals surface area contributed by atoms with Crippen molar-refractivity contribution < 1.29 is 18.0 Å². The van der Waals surface area contributed by atoms with Crippen molar-refractivity contribution in [3.8, 4) is 0 Å². The second-order valence-corrected chi connectivity index (χ2v) is 8.63. The molecule has 0 aliphatic heterocycles. The molecule has 9 heteroatoms. The third-order valence-electron chi connectivity index (χ3n) is 6.36. The van der Waals surface area contributed by atoms with E-state index in [1.165, 1.54) is 30.5 Å². The van der Waals surface area contributed by atoms with Crippen LogP contribution < -0.4 is 11.2 Å². The maximum Gasteiger partial charge on any atom is 0.268 e. The van der Waals surface area contributed by atoms with Crippen LogP contribution in [0.4, 0.5) is 13.2 Å². The van der Waals surface area contributed by atoms with E-state index in [9.17, 15) is 22.8 Å². The molecule has 4 rings (SSSR count). The molecular formula is C23H21ClF3N3O2. The molecule has 1 aromatic carbocycles. The minimum atomic E-state index is -2.95. The van der Waals surface area contributed by atoms with Gasteiger partial charge in [0.1, 0.15) is 11.5 Å². The molecule has 168 valence electrons. The van der Waals surface area contributed by atoms with Crippen LogP contribution in [0.15, 0.2) is 41.3 Å². The molecule has 0 bridgehead atoms. The van der Waals surface area contributed by atoms with Crippen molar-refractivity contribution in [3.63, 3.8) is 0 Å². The molecule has 2 aromatic heterocycles. The van der Waals surface area contributed by atoms with Crippen LogP contribution in [0.25, 0.3) is 10.9 Å². The normalized spacial score (nSPS) is 22.7. The first-order chi connectivity index (χ1) is 15.1. The summed E-state index contributed by atoms with van der Waals surface area (Å²) in [6.07, 6.45) is 1.22. The Morgan fingerprint density at radius 1 is 1.28 bits per heavy atom. The number of rotatable bonds is 4. The van der Waals surface area contributed by atoms with Gasteiger partial charge in [-0.2, -0.15) is 0 Å². The number of carbonyl (C=O) groups is 1. The summed E-state index contributed by atoms with van der Waals surface area (Å²) in [5.74, 6) is -6.45. The highest BCUT2D eigenvalue weighted by atomic mass is 35.5. The number of aromatic amines is 1. The third kappa shape index (κ3) is 3.88. The Bertz CT molecular complexity index is 1260. The number of benzene rings is 1. The van der Waals surface area contributed by atoms with Gasteiger partial charge in [-0.25, -0.2) is 13.2 Å². The highest BCUT2D eigenvalue weighted by molar-refractivity contribution is 6.31. The molecule has 0 saturated heterocycles. The zero-order valence-corrected chi connectivity index (χ0v) is 17.9. The number of nitrogens with one attached hydrogen (secondary N) is 1. The van der Waals surface area contributed by atoms with Crippen LogP contribution in [0.1, 0.15) is 59.8 Å². The SMILES string of the molecule is CC[C@H]1CC(c2ccc(F)cc2Cl)C(c2cc(=O)c3c(C(N)=O)nccc3[nH]2)CC1(F)F. The summed E-state index contributed by atoms with van der Waals surface area (Å²) >= 11 is 6.30. The highest BCUT2D eigenvalue weighted by Gasteiger charge is 2.49. The first-order valence-corrected chi connectivity index (χ1v) is 10.6. The summed E-state index contributed by atoms with van der Waals surface area (Å²) in [7, 11) is 0. The van der Waals surface area contributed by atoms with Gasteiger partial charge in [0.15, 0.2) is 5.43 Å². The van der Waals surface area contributed by atoms with Crippen LogP contribution >= 0.6 is 11.6 Å². The van der Waals surface area contributed by atoms with Gasteiger partial charge in [0.2, 0.25) is 0 Å². The highest BCUT2D eigenvalue weighted by Crippen LogP contribution is 2.54. The summed E-state index contributed by atoms with van der Waals surface area (Å²) in [4.78, 5) is 31.4. The number of alkyl halides is 2. The molecule has 3 atom stereocenters. The Morgan fingerprint density at radius 3 is 2.69 bits per heavy atom. The van der Waals surface area contributed by atoms with Gasteiger partial charge in [0.05, 0.1) is 10.9 Å². The number of carbonyl (C=O) groups excluding carboxylic acids is 1. The fraction of sp³-hybridized carbons (Fsp3) is 0.348. The summed E-state index contributed by atoms with van der Waals surface area (Å²) in [5, 5.41) is 0.164. The fourth-order valence-electron chi connectivity index (χ4n) is 4.79. The van der Waals surface area contributed by atoms with Crippen molar-refractivity contribution in [1.82, 2.24) is 9.97 Å². The fourth-order valence-corrected chi connectivity index (χ4v) is 5.10. The Balaban J connectivity index is 1.89. The monoisotopic (exact) mass is 463 g/mol. The zero-order valence-electron chi connectivity index (χ0n) is 17.2. The van der Waals surface area contributed by atoms with E-state index in [1.54, 1.807) is 6.92 Å². The quantitative estimate of drug-likeness (QED) is 0.561. The molecule has 1 saturated carbocycles. The Labute approximate surface area is 186 Å². The minimum Gasteiger partial charge on any atom is -0.364 e. The van der Waals surface area contributed by atoms with Gasteiger partial charge in [-0.05, 0) is 42.5 Å². The molecule has 1 fully saturated rings. The number of nitrogens with two attached hydrogens (primary N) is 1. The molecule has 1 aliphatic rings. The number of hydrogen-bond donors (Lipinski definition) is 2. The molecule has 3 aromatic rings. The summed E-state index contributed by atoms with van der Waals surface area (Å²) in [6.45, 7) is 1.71. The van der Waals surface area contributed by atoms with E-state index >= 15 is 0 Å². The van der Waals surface area contributed by atoms with Crippen molar-refractivity contribution in [2.45, 2.75) is 43.9 Å². The largest absolute Gasteiger partial charge is 0.364 e. The van der Waals surface area contributed by atoms with E-state index in [0.717, 1.165) is 6.07 Å². The molecule has 2 unspecified atom stereocenters. The topological polar surface area (TPSA) is 88.8 Å². The van der Waals surface area contributed by atoms with E-state index in [4.69, 9.17) is 17.3 Å². The lowest BCUT2D eigenvalue weighted by atomic mass is 9.67. The standard InChI is InChI=1S/C23H21ClF3N3O2/c1-2-11-7-14(13-4-3-12(25)8-16(13)24)15(10-23(11,26)27)18-9-19(31)20-17(30-18)5-6-29-21(20)22(28)32/h3-6,8-9,11,14-15H,2,7,10H2,1H3,(H2,28,32)(H,30,31)/t11-,14?,15?/m0/s1. The summed E-state index contributed by atoms with van der Waals surface area (Å²) in [6, 6.07) is 6.63. The van der Waals surface area contributed by atoms with Gasteiger partial charge in [0, 0.05) is 41.2 Å². The van der Waals surface area contributed by atoms with Crippen LogP contribution in [0, 0.1) is 11.7 Å². The molecule has 32 heavy (non-hydrogen) atoms. The van der Waals surface area contributed by atoms with Crippen LogP contribution in [0.3, 0.4) is 0 Å². The maximum absolute atomic E-state index is 15.0. The maximum atomic E-state index is 15.0. The van der Waals surface area contributed by atoms with Gasteiger partial charge in [-0.3, -0.25) is 14.6 Å². The molecular weight excluding hydrogens is 443 g/mol. The number of aromatic nitrogens is 2. The molecule has 0 spiro atoms. The predicted molar refractivity (Wildman–Crippen MR) is 116 cm³/mol. The number of nitrogens with zero attached hydrogens (tertiary/aromatic N) is 1. The van der Waals surface area contributed by atoms with E-state index in [1.807, 2.05) is 0 Å². The van der Waals surface area contributed by atoms with E-state index in [-0.39, 0.29) is 34.5 Å². The Morgan fingerprint density at radius 2 is 2.03 bits per heavy atom.